The molecule has 1 aliphatic carbocycles. The molecule has 4 aromatic carbocycles. The molecule has 0 fully saturated rings. The first-order valence-electron chi connectivity index (χ1n) is 10.1. The molecule has 0 saturated heterocycles. The molecular formula is C28H24O. The van der Waals surface area contributed by atoms with E-state index in [1.165, 1.54) is 59.8 Å². The number of aromatic hydroxyl groups is 1. The van der Waals surface area contributed by atoms with Crippen molar-refractivity contribution in [1.29, 1.82) is 0 Å². The molecule has 29 heavy (non-hydrogen) atoms. The minimum atomic E-state index is 0.313. The van der Waals surface area contributed by atoms with E-state index in [1.807, 2.05) is 12.1 Å². The lowest BCUT2D eigenvalue weighted by Gasteiger charge is -2.18. The average molecular weight is 376 g/mol. The predicted octanol–water partition coefficient (Wildman–Crippen LogP) is 6.85. The van der Waals surface area contributed by atoms with Crippen LogP contribution in [-0.4, -0.2) is 5.11 Å². The molecule has 5 rings (SSSR count). The Morgan fingerprint density at radius 1 is 0.552 bits per heavy atom. The number of rotatable bonds is 2. The van der Waals surface area contributed by atoms with Gasteiger partial charge in [-0.05, 0) is 99.6 Å². The van der Waals surface area contributed by atoms with Crippen LogP contribution < -0.4 is 0 Å². The van der Waals surface area contributed by atoms with Gasteiger partial charge in [0.2, 0.25) is 0 Å². The maximum Gasteiger partial charge on any atom is 0.115 e. The molecule has 1 N–H and O–H groups in total. The predicted molar refractivity (Wildman–Crippen MR) is 120 cm³/mol. The van der Waals surface area contributed by atoms with Gasteiger partial charge in [0.05, 0.1) is 0 Å². The second kappa shape index (κ2) is 6.35. The monoisotopic (exact) mass is 376 g/mol. The quantitative estimate of drug-likeness (QED) is 0.357. The van der Waals surface area contributed by atoms with Gasteiger partial charge < -0.3 is 5.11 Å². The second-order valence-corrected chi connectivity index (χ2v) is 8.23. The van der Waals surface area contributed by atoms with Gasteiger partial charge >= 0.3 is 0 Å². The standard InChI is InChI=1S/C28H24O/c1-16-13-18(3)26(19(4)14-16)25-10-6-9-24-23-8-5-7-22(27(23)28(24)25)21-12-11-20(29)15-17(21)2/h5-15,29H,1-4H3. The first-order chi connectivity index (χ1) is 14.0. The summed E-state index contributed by atoms with van der Waals surface area (Å²) in [7, 11) is 0. The molecular weight excluding hydrogens is 352 g/mol. The molecule has 1 heteroatoms. The topological polar surface area (TPSA) is 20.2 Å². The largest absolute Gasteiger partial charge is 0.508 e. The number of phenolic OH excluding ortho intramolecular Hbond substituents is 1. The van der Waals surface area contributed by atoms with Crippen LogP contribution in [0.4, 0.5) is 0 Å². The van der Waals surface area contributed by atoms with Crippen molar-refractivity contribution in [3.05, 3.63) is 110 Å². The Labute approximate surface area is 170 Å². The highest BCUT2D eigenvalue weighted by Gasteiger charge is 2.16. The van der Waals surface area contributed by atoms with Gasteiger partial charge in [0.1, 0.15) is 5.75 Å². The van der Waals surface area contributed by atoms with Crippen LogP contribution in [0.5, 0.6) is 5.75 Å². The van der Waals surface area contributed by atoms with Crippen LogP contribution in [-0.2, 0) is 0 Å². The van der Waals surface area contributed by atoms with Gasteiger partial charge in [0.15, 0.2) is 0 Å². The molecule has 0 spiro atoms. The summed E-state index contributed by atoms with van der Waals surface area (Å²) in [6, 6.07) is 23.4. The highest BCUT2D eigenvalue weighted by Crippen LogP contribution is 2.35. The minimum absolute atomic E-state index is 0.313. The van der Waals surface area contributed by atoms with Crippen molar-refractivity contribution in [2.45, 2.75) is 27.7 Å². The summed E-state index contributed by atoms with van der Waals surface area (Å²) in [5, 5.41) is 15.2. The van der Waals surface area contributed by atoms with E-state index in [4.69, 9.17) is 0 Å². The lowest BCUT2D eigenvalue weighted by molar-refractivity contribution is 0.475. The molecule has 1 aliphatic rings. The number of aryl methyl sites for hydroxylation is 4. The second-order valence-electron chi connectivity index (χ2n) is 8.23. The van der Waals surface area contributed by atoms with Crippen molar-refractivity contribution in [1.82, 2.24) is 0 Å². The van der Waals surface area contributed by atoms with Crippen molar-refractivity contribution in [3.63, 3.8) is 0 Å². The summed E-state index contributed by atoms with van der Waals surface area (Å²) in [5.74, 6) is 0.313. The summed E-state index contributed by atoms with van der Waals surface area (Å²) in [4.78, 5) is 0. The SMILES string of the molecule is Cc1cc(C)c(-c2cccc3c2=c2c(-c4ccc(O)cc4C)cccc2=3)c(C)c1. The first-order valence-corrected chi connectivity index (χ1v) is 10.1. The number of hydrogen-bond donors (Lipinski definition) is 1. The van der Waals surface area contributed by atoms with E-state index in [0.29, 0.717) is 5.75 Å². The Balaban J connectivity index is 1.92. The first kappa shape index (κ1) is 17.8. The third-order valence-corrected chi connectivity index (χ3v) is 6.12. The van der Waals surface area contributed by atoms with Gasteiger partial charge in [-0.25, -0.2) is 0 Å². The Bertz CT molecular complexity index is 1470. The third-order valence-electron chi connectivity index (χ3n) is 6.12. The normalized spacial score (nSPS) is 11.6. The molecule has 0 radical (unpaired) electrons. The van der Waals surface area contributed by atoms with E-state index in [-0.39, 0.29) is 0 Å². The fourth-order valence-electron chi connectivity index (χ4n) is 5.02. The molecule has 0 saturated carbocycles. The van der Waals surface area contributed by atoms with Crippen molar-refractivity contribution in [3.8, 4) is 28.0 Å². The van der Waals surface area contributed by atoms with Gasteiger partial charge in [-0.15, -0.1) is 0 Å². The van der Waals surface area contributed by atoms with Crippen molar-refractivity contribution in [2.75, 3.05) is 0 Å². The van der Waals surface area contributed by atoms with Crippen LogP contribution in [0.3, 0.4) is 0 Å². The Morgan fingerprint density at radius 3 is 1.76 bits per heavy atom. The van der Waals surface area contributed by atoms with Gasteiger partial charge in [-0.1, -0.05) is 60.2 Å². The van der Waals surface area contributed by atoms with Gasteiger partial charge in [0, 0.05) is 0 Å². The van der Waals surface area contributed by atoms with Crippen LogP contribution in [0.15, 0.2) is 66.7 Å². The summed E-state index contributed by atoms with van der Waals surface area (Å²) < 4.78 is 0. The van der Waals surface area contributed by atoms with Crippen LogP contribution in [0.1, 0.15) is 22.3 Å². The number of benzene rings is 4. The van der Waals surface area contributed by atoms with Crippen LogP contribution in [0.25, 0.3) is 22.3 Å². The maximum absolute atomic E-state index is 9.86. The van der Waals surface area contributed by atoms with Crippen molar-refractivity contribution in [2.24, 2.45) is 0 Å². The van der Waals surface area contributed by atoms with Crippen LogP contribution >= 0.6 is 0 Å². The molecule has 0 atom stereocenters. The third kappa shape index (κ3) is 2.61. The lowest BCUT2D eigenvalue weighted by Crippen LogP contribution is -2.00. The zero-order valence-corrected chi connectivity index (χ0v) is 17.3. The van der Waals surface area contributed by atoms with Crippen LogP contribution in [0.2, 0.25) is 0 Å². The zero-order chi connectivity index (χ0) is 20.3. The van der Waals surface area contributed by atoms with E-state index in [1.54, 1.807) is 6.07 Å². The Kier molecular flexibility index (Phi) is 3.89. The minimum Gasteiger partial charge on any atom is -0.508 e. The summed E-state index contributed by atoms with van der Waals surface area (Å²) >= 11 is 0. The molecule has 0 heterocycles. The van der Waals surface area contributed by atoms with E-state index in [2.05, 4.69) is 76.2 Å². The van der Waals surface area contributed by atoms with E-state index >= 15 is 0 Å². The molecule has 0 unspecified atom stereocenters. The molecule has 1 nitrogen and oxygen atoms in total. The maximum atomic E-state index is 9.86. The molecule has 0 aliphatic heterocycles. The fraction of sp³-hybridized carbons (Fsp3) is 0.143. The average Bonchev–Trinajstić information content (AvgIpc) is 2.65. The fourth-order valence-corrected chi connectivity index (χ4v) is 5.02. The Morgan fingerprint density at radius 2 is 1.14 bits per heavy atom. The Hall–Kier alpha value is -3.32. The molecule has 0 aromatic heterocycles. The summed E-state index contributed by atoms with van der Waals surface area (Å²) in [6.07, 6.45) is 0. The summed E-state index contributed by atoms with van der Waals surface area (Å²) in [6.45, 7) is 8.65. The molecule has 0 amide bonds. The van der Waals surface area contributed by atoms with E-state index < -0.39 is 0 Å². The smallest absolute Gasteiger partial charge is 0.115 e. The molecule has 0 bridgehead atoms. The lowest BCUT2D eigenvalue weighted by atomic mass is 9.86. The van der Waals surface area contributed by atoms with Crippen molar-refractivity contribution >= 4 is 0 Å². The highest BCUT2D eigenvalue weighted by molar-refractivity contribution is 5.76. The van der Waals surface area contributed by atoms with E-state index in [9.17, 15) is 5.11 Å². The van der Waals surface area contributed by atoms with Crippen LogP contribution in [0, 0.1) is 48.6 Å². The summed E-state index contributed by atoms with van der Waals surface area (Å²) in [5.41, 5.74) is 10.1. The number of fused-ring (bicyclic) bond motifs is 2. The molecule has 4 aromatic rings. The van der Waals surface area contributed by atoms with Gasteiger partial charge in [-0.3, -0.25) is 0 Å². The zero-order valence-electron chi connectivity index (χ0n) is 17.3. The van der Waals surface area contributed by atoms with Gasteiger partial charge in [0.25, 0.3) is 0 Å². The highest BCUT2D eigenvalue weighted by atomic mass is 16.3. The van der Waals surface area contributed by atoms with Gasteiger partial charge in [-0.2, -0.15) is 0 Å². The number of hydrogen-bond acceptors (Lipinski definition) is 1. The van der Waals surface area contributed by atoms with Crippen molar-refractivity contribution < 1.29 is 5.11 Å². The van der Waals surface area contributed by atoms with E-state index in [0.717, 1.165) is 5.56 Å². The molecule has 142 valence electrons. The number of phenols is 1.